The first kappa shape index (κ1) is 13.0. The lowest BCUT2D eigenvalue weighted by Gasteiger charge is -2.22. The lowest BCUT2D eigenvalue weighted by molar-refractivity contribution is -0.119. The maximum absolute atomic E-state index is 11.8. The summed E-state index contributed by atoms with van der Waals surface area (Å²) in [5.74, 6) is 0.537. The van der Waals surface area contributed by atoms with Crippen LogP contribution in [0.25, 0.3) is 0 Å². The fourth-order valence-electron chi connectivity index (χ4n) is 1.84. The molecule has 2 rings (SSSR count). The van der Waals surface area contributed by atoms with Gasteiger partial charge in [0, 0.05) is 31.4 Å². The zero-order chi connectivity index (χ0) is 13.0. The third-order valence-electron chi connectivity index (χ3n) is 2.82. The van der Waals surface area contributed by atoms with Gasteiger partial charge in [-0.1, -0.05) is 0 Å². The average Bonchev–Trinajstić information content (AvgIpc) is 2.78. The Kier molecular flexibility index (Phi) is 4.33. The van der Waals surface area contributed by atoms with Crippen molar-refractivity contribution in [1.82, 2.24) is 15.1 Å². The first-order valence-electron chi connectivity index (χ1n) is 6.32. The summed E-state index contributed by atoms with van der Waals surface area (Å²) in [6.45, 7) is 6.34. The number of anilines is 1. The van der Waals surface area contributed by atoms with Crippen LogP contribution >= 0.6 is 0 Å². The van der Waals surface area contributed by atoms with E-state index in [1.54, 1.807) is 6.07 Å². The minimum atomic E-state index is -0.0577. The summed E-state index contributed by atoms with van der Waals surface area (Å²) >= 11 is 0. The van der Waals surface area contributed by atoms with Crippen molar-refractivity contribution < 1.29 is 9.53 Å². The number of nitrogens with zero attached hydrogens (tertiary/aromatic N) is 2. The summed E-state index contributed by atoms with van der Waals surface area (Å²) in [5.41, 5.74) is 0. The molecule has 100 valence electrons. The van der Waals surface area contributed by atoms with E-state index in [4.69, 9.17) is 4.74 Å². The molecule has 1 aromatic rings. The fraction of sp³-hybridized carbons (Fsp3) is 0.667. The van der Waals surface area contributed by atoms with Crippen molar-refractivity contribution >= 4 is 11.7 Å². The molecule has 6 heteroatoms. The number of ether oxygens (including phenoxy) is 1. The summed E-state index contributed by atoms with van der Waals surface area (Å²) in [6, 6.07) is 2.10. The molecule has 1 saturated heterocycles. The van der Waals surface area contributed by atoms with E-state index in [1.807, 2.05) is 24.7 Å². The van der Waals surface area contributed by atoms with Crippen molar-refractivity contribution in [3.05, 3.63) is 12.3 Å². The topological polar surface area (TPSA) is 68.2 Å². The van der Waals surface area contributed by atoms with E-state index in [-0.39, 0.29) is 12.0 Å². The van der Waals surface area contributed by atoms with Gasteiger partial charge in [-0.05, 0) is 13.8 Å². The van der Waals surface area contributed by atoms with Gasteiger partial charge in [0.2, 0.25) is 5.91 Å². The number of morpholine rings is 1. The highest BCUT2D eigenvalue weighted by Crippen LogP contribution is 2.09. The lowest BCUT2D eigenvalue weighted by Crippen LogP contribution is -2.40. The quantitative estimate of drug-likeness (QED) is 0.831. The van der Waals surface area contributed by atoms with Gasteiger partial charge in [0.1, 0.15) is 0 Å². The molecule has 0 radical (unpaired) electrons. The molecule has 6 nitrogen and oxygen atoms in total. The van der Waals surface area contributed by atoms with Gasteiger partial charge in [-0.25, -0.2) is 0 Å². The average molecular weight is 252 g/mol. The largest absolute Gasteiger partial charge is 0.375 e. The van der Waals surface area contributed by atoms with E-state index in [9.17, 15) is 4.79 Å². The second kappa shape index (κ2) is 5.97. The van der Waals surface area contributed by atoms with Crippen LogP contribution in [0.15, 0.2) is 12.3 Å². The zero-order valence-corrected chi connectivity index (χ0v) is 10.8. The van der Waals surface area contributed by atoms with Crippen molar-refractivity contribution in [1.29, 1.82) is 0 Å². The Labute approximate surface area is 107 Å². The molecule has 18 heavy (non-hydrogen) atoms. The predicted octanol–water partition coefficient (Wildman–Crippen LogP) is 0.781. The maximum Gasteiger partial charge on any atom is 0.228 e. The van der Waals surface area contributed by atoms with Crippen molar-refractivity contribution in [3.63, 3.8) is 0 Å². The second-order valence-electron chi connectivity index (χ2n) is 4.72. The van der Waals surface area contributed by atoms with Crippen LogP contribution in [0.5, 0.6) is 0 Å². The van der Waals surface area contributed by atoms with Crippen LogP contribution < -0.4 is 10.6 Å². The highest BCUT2D eigenvalue weighted by atomic mass is 16.5. The fourth-order valence-corrected chi connectivity index (χ4v) is 1.84. The Morgan fingerprint density at radius 1 is 1.72 bits per heavy atom. The molecule has 2 N–H and O–H groups in total. The molecule has 1 amide bonds. The van der Waals surface area contributed by atoms with Gasteiger partial charge in [-0.3, -0.25) is 9.48 Å². The SMILES string of the molecule is CC(C)n1ccc(NC(=O)CC2CNCCO2)n1. The standard InChI is InChI=1S/C12H20N4O2/c1-9(2)16-5-3-11(15-16)14-12(17)7-10-8-13-4-6-18-10/h3,5,9-10,13H,4,6-8H2,1-2H3,(H,14,15,17). The molecular weight excluding hydrogens is 232 g/mol. The molecule has 1 atom stereocenters. The van der Waals surface area contributed by atoms with Crippen molar-refractivity contribution in [2.45, 2.75) is 32.4 Å². The molecule has 1 aliphatic rings. The molecule has 1 fully saturated rings. The Bertz CT molecular complexity index is 397. The molecule has 1 aromatic heterocycles. The van der Waals surface area contributed by atoms with Crippen LogP contribution in [-0.4, -0.2) is 41.5 Å². The van der Waals surface area contributed by atoms with E-state index in [0.717, 1.165) is 13.1 Å². The minimum absolute atomic E-state index is 0.0362. The first-order valence-corrected chi connectivity index (χ1v) is 6.32. The van der Waals surface area contributed by atoms with Gasteiger partial charge in [0.05, 0.1) is 19.1 Å². The summed E-state index contributed by atoms with van der Waals surface area (Å²) in [5, 5.41) is 10.3. The molecule has 0 bridgehead atoms. The Morgan fingerprint density at radius 3 is 3.17 bits per heavy atom. The monoisotopic (exact) mass is 252 g/mol. The highest BCUT2D eigenvalue weighted by Gasteiger charge is 2.17. The van der Waals surface area contributed by atoms with E-state index in [0.29, 0.717) is 24.9 Å². The minimum Gasteiger partial charge on any atom is -0.375 e. The lowest BCUT2D eigenvalue weighted by atomic mass is 10.2. The first-order chi connectivity index (χ1) is 8.65. The van der Waals surface area contributed by atoms with Gasteiger partial charge in [0.25, 0.3) is 0 Å². The summed E-state index contributed by atoms with van der Waals surface area (Å²) in [6.07, 6.45) is 2.19. The number of nitrogens with one attached hydrogen (secondary N) is 2. The molecule has 0 aromatic carbocycles. The second-order valence-corrected chi connectivity index (χ2v) is 4.72. The van der Waals surface area contributed by atoms with E-state index in [2.05, 4.69) is 15.7 Å². The molecular formula is C12H20N4O2. The number of rotatable bonds is 4. The van der Waals surface area contributed by atoms with E-state index >= 15 is 0 Å². The van der Waals surface area contributed by atoms with Crippen LogP contribution in [-0.2, 0) is 9.53 Å². The molecule has 0 spiro atoms. The number of carbonyl (C=O) groups excluding carboxylic acids is 1. The third-order valence-corrected chi connectivity index (χ3v) is 2.82. The number of hydrogen-bond donors (Lipinski definition) is 2. The van der Waals surface area contributed by atoms with Gasteiger partial charge in [0.15, 0.2) is 5.82 Å². The van der Waals surface area contributed by atoms with Crippen LogP contribution in [0.2, 0.25) is 0 Å². The molecule has 0 aliphatic carbocycles. The van der Waals surface area contributed by atoms with Crippen molar-refractivity contribution in [2.24, 2.45) is 0 Å². The molecule has 2 heterocycles. The van der Waals surface area contributed by atoms with Gasteiger partial charge < -0.3 is 15.4 Å². The van der Waals surface area contributed by atoms with Crippen molar-refractivity contribution in [2.75, 3.05) is 25.0 Å². The predicted molar refractivity (Wildman–Crippen MR) is 68.5 cm³/mol. The van der Waals surface area contributed by atoms with Crippen LogP contribution in [0.3, 0.4) is 0 Å². The summed E-state index contributed by atoms with van der Waals surface area (Å²) < 4.78 is 7.29. The molecule has 1 unspecified atom stereocenters. The normalized spacial score (nSPS) is 20.1. The summed E-state index contributed by atoms with van der Waals surface area (Å²) in [7, 11) is 0. The number of hydrogen-bond acceptors (Lipinski definition) is 4. The van der Waals surface area contributed by atoms with Crippen molar-refractivity contribution in [3.8, 4) is 0 Å². The maximum atomic E-state index is 11.8. The van der Waals surface area contributed by atoms with Crippen LogP contribution in [0.1, 0.15) is 26.3 Å². The van der Waals surface area contributed by atoms with Gasteiger partial charge in [-0.15, -0.1) is 0 Å². The highest BCUT2D eigenvalue weighted by molar-refractivity contribution is 5.90. The molecule has 1 aliphatic heterocycles. The number of carbonyl (C=O) groups is 1. The Balaban J connectivity index is 1.82. The number of amides is 1. The Morgan fingerprint density at radius 2 is 2.56 bits per heavy atom. The zero-order valence-electron chi connectivity index (χ0n) is 10.8. The van der Waals surface area contributed by atoms with Gasteiger partial charge >= 0.3 is 0 Å². The molecule has 0 saturated carbocycles. The van der Waals surface area contributed by atoms with E-state index in [1.165, 1.54) is 0 Å². The third kappa shape index (κ3) is 3.54. The van der Waals surface area contributed by atoms with Crippen LogP contribution in [0, 0.1) is 0 Å². The smallest absolute Gasteiger partial charge is 0.228 e. The summed E-state index contributed by atoms with van der Waals surface area (Å²) in [4.78, 5) is 11.8. The number of aromatic nitrogens is 2. The van der Waals surface area contributed by atoms with E-state index < -0.39 is 0 Å². The van der Waals surface area contributed by atoms with Gasteiger partial charge in [-0.2, -0.15) is 5.10 Å². The van der Waals surface area contributed by atoms with Crippen LogP contribution in [0.4, 0.5) is 5.82 Å². The Hall–Kier alpha value is -1.40.